The summed E-state index contributed by atoms with van der Waals surface area (Å²) in [6.45, 7) is 0. The number of nitrogens with one attached hydrogen (secondary N) is 4. The number of hydrogen-bond donors (Lipinski definition) is 7. The van der Waals surface area contributed by atoms with Crippen LogP contribution in [0.4, 0.5) is 0 Å². The number of thioether (sulfide) groups is 1. The van der Waals surface area contributed by atoms with Crippen molar-refractivity contribution in [1.29, 1.82) is 0 Å². The number of hydrogen-bond acceptors (Lipinski definition) is 7. The Hall–Kier alpha value is -4.40. The predicted octanol–water partition coefficient (Wildman–Crippen LogP) is -0.377. The van der Waals surface area contributed by atoms with E-state index >= 15 is 0 Å². The van der Waals surface area contributed by atoms with E-state index in [1.54, 1.807) is 36.5 Å². The molecule has 4 unspecified atom stereocenters. The fourth-order valence-corrected chi connectivity index (χ4v) is 4.89. The summed E-state index contributed by atoms with van der Waals surface area (Å²) >= 11 is 1.44. The normalized spacial score (nSPS) is 13.5. The fourth-order valence-electron chi connectivity index (χ4n) is 4.41. The van der Waals surface area contributed by atoms with Crippen molar-refractivity contribution in [3.05, 3.63) is 71.9 Å². The minimum Gasteiger partial charge on any atom is -0.481 e. The third-order valence-corrected chi connectivity index (χ3v) is 7.29. The van der Waals surface area contributed by atoms with Gasteiger partial charge in [-0.3, -0.25) is 24.0 Å². The molecule has 4 atom stereocenters. The van der Waals surface area contributed by atoms with Crippen LogP contribution in [0.3, 0.4) is 0 Å². The predicted molar refractivity (Wildman–Crippen MR) is 164 cm³/mol. The summed E-state index contributed by atoms with van der Waals surface area (Å²) < 4.78 is 0. The Balaban J connectivity index is 0.00000645. The molecule has 2 aromatic carbocycles. The smallest absolute Gasteiger partial charge is 0.305 e. The highest BCUT2D eigenvalue weighted by molar-refractivity contribution is 7.98. The van der Waals surface area contributed by atoms with Crippen molar-refractivity contribution in [2.45, 2.75) is 49.9 Å². The number of carboxylic acid groups (broad SMARTS) is 1. The first-order chi connectivity index (χ1) is 20.1. The number of aliphatic carboxylic acids is 1. The molecule has 0 aliphatic heterocycles. The van der Waals surface area contributed by atoms with Crippen molar-refractivity contribution in [3.63, 3.8) is 0 Å². The highest BCUT2D eigenvalue weighted by atomic mass is 32.2. The number of aromatic amines is 1. The Morgan fingerprint density at radius 2 is 1.47 bits per heavy atom. The second kappa shape index (κ2) is 16.9. The van der Waals surface area contributed by atoms with E-state index in [0.717, 1.165) is 22.0 Å². The SMILES string of the molecule is CSCCC(NC(=O)C(N)Cc1c[nH]c2ccccc12)C(=O)NC(CC(=O)O)C(=O)NC(Cc1ccccc1)C(N)=O.O. The number of carbonyl (C=O) groups excluding carboxylic acids is 4. The highest BCUT2D eigenvalue weighted by Crippen LogP contribution is 2.19. The van der Waals surface area contributed by atoms with Gasteiger partial charge in [-0.1, -0.05) is 48.5 Å². The number of carboxylic acids is 1. The van der Waals surface area contributed by atoms with Gasteiger partial charge >= 0.3 is 5.97 Å². The van der Waals surface area contributed by atoms with Crippen molar-refractivity contribution in [2.24, 2.45) is 11.5 Å². The zero-order chi connectivity index (χ0) is 30.6. The summed E-state index contributed by atoms with van der Waals surface area (Å²) in [4.78, 5) is 66.1. The maximum absolute atomic E-state index is 13.3. The van der Waals surface area contributed by atoms with Gasteiger partial charge in [0.05, 0.1) is 12.5 Å². The van der Waals surface area contributed by atoms with E-state index in [2.05, 4.69) is 20.9 Å². The van der Waals surface area contributed by atoms with Crippen molar-refractivity contribution < 1.29 is 34.6 Å². The Labute approximate surface area is 252 Å². The second-order valence-corrected chi connectivity index (χ2v) is 10.8. The van der Waals surface area contributed by atoms with Gasteiger partial charge in [0.1, 0.15) is 18.1 Å². The van der Waals surface area contributed by atoms with Crippen LogP contribution in [-0.2, 0) is 36.8 Å². The molecule has 3 aromatic rings. The van der Waals surface area contributed by atoms with Crippen molar-refractivity contribution in [1.82, 2.24) is 20.9 Å². The minimum absolute atomic E-state index is 0. The Kier molecular flexibility index (Phi) is 13.7. The van der Waals surface area contributed by atoms with Gasteiger partial charge in [-0.05, 0) is 42.0 Å². The molecule has 1 aromatic heterocycles. The Morgan fingerprint density at radius 3 is 2.12 bits per heavy atom. The average molecular weight is 615 g/mol. The number of aromatic nitrogens is 1. The molecule has 13 nitrogen and oxygen atoms in total. The summed E-state index contributed by atoms with van der Waals surface area (Å²) in [7, 11) is 0. The third kappa shape index (κ3) is 10.4. The van der Waals surface area contributed by atoms with Gasteiger partial charge in [0.15, 0.2) is 0 Å². The summed E-state index contributed by atoms with van der Waals surface area (Å²) in [5, 5.41) is 17.9. The molecule has 0 saturated carbocycles. The molecular formula is C29H38N6O7S. The molecule has 0 radical (unpaired) electrons. The van der Waals surface area contributed by atoms with Crippen molar-refractivity contribution >= 4 is 52.3 Å². The van der Waals surface area contributed by atoms with Crippen LogP contribution in [0.5, 0.6) is 0 Å². The molecule has 4 amide bonds. The van der Waals surface area contributed by atoms with Crippen LogP contribution in [0.1, 0.15) is 24.0 Å². The van der Waals surface area contributed by atoms with E-state index in [-0.39, 0.29) is 24.7 Å². The Morgan fingerprint density at radius 1 is 0.860 bits per heavy atom. The minimum atomic E-state index is -1.53. The zero-order valence-electron chi connectivity index (χ0n) is 23.7. The summed E-state index contributed by atoms with van der Waals surface area (Å²) in [5.41, 5.74) is 14.1. The van der Waals surface area contributed by atoms with Gasteiger partial charge in [-0.2, -0.15) is 11.8 Å². The lowest BCUT2D eigenvalue weighted by molar-refractivity contribution is -0.141. The molecule has 43 heavy (non-hydrogen) atoms. The van der Waals surface area contributed by atoms with Crippen LogP contribution >= 0.6 is 11.8 Å². The number of amides is 4. The van der Waals surface area contributed by atoms with Crippen LogP contribution in [0.15, 0.2) is 60.8 Å². The fraction of sp³-hybridized carbons (Fsp3) is 0.345. The largest absolute Gasteiger partial charge is 0.481 e. The van der Waals surface area contributed by atoms with Gasteiger partial charge < -0.3 is 43.0 Å². The number of fused-ring (bicyclic) bond motifs is 1. The number of primary amides is 1. The molecule has 0 saturated heterocycles. The zero-order valence-corrected chi connectivity index (χ0v) is 24.5. The van der Waals surface area contributed by atoms with Crippen LogP contribution < -0.4 is 27.4 Å². The van der Waals surface area contributed by atoms with Gasteiger partial charge in [-0.25, -0.2) is 0 Å². The van der Waals surface area contributed by atoms with E-state index in [1.165, 1.54) is 11.8 Å². The van der Waals surface area contributed by atoms with Gasteiger partial charge in [-0.15, -0.1) is 0 Å². The van der Waals surface area contributed by atoms with Gasteiger partial charge in [0.25, 0.3) is 0 Å². The first-order valence-electron chi connectivity index (χ1n) is 13.3. The van der Waals surface area contributed by atoms with Crippen LogP contribution in [-0.4, -0.2) is 81.3 Å². The molecule has 14 heteroatoms. The molecule has 0 spiro atoms. The van der Waals surface area contributed by atoms with E-state index in [1.807, 2.05) is 30.5 Å². The van der Waals surface area contributed by atoms with Crippen molar-refractivity contribution in [3.8, 4) is 0 Å². The molecule has 1 heterocycles. The second-order valence-electron chi connectivity index (χ2n) is 9.83. The van der Waals surface area contributed by atoms with E-state index < -0.39 is 60.2 Å². The summed E-state index contributed by atoms with van der Waals surface area (Å²) in [6.07, 6.45) is 3.36. The van der Waals surface area contributed by atoms with Crippen LogP contribution in [0, 0.1) is 0 Å². The van der Waals surface area contributed by atoms with E-state index in [9.17, 15) is 29.1 Å². The maximum atomic E-state index is 13.3. The molecule has 0 aliphatic rings. The lowest BCUT2D eigenvalue weighted by Gasteiger charge is -2.25. The topological polar surface area (TPSA) is 241 Å². The van der Waals surface area contributed by atoms with E-state index in [0.29, 0.717) is 5.75 Å². The first kappa shape index (κ1) is 34.8. The molecule has 3 rings (SSSR count). The standard InChI is InChI=1S/C29H36N6O6S.H2O/c1-42-12-11-22(33-27(39)20(30)14-18-16-32-21-10-6-5-9-19(18)21)28(40)35-24(15-25(36)37)29(41)34-23(26(31)38)13-17-7-3-2-4-8-17;/h2-10,16,20,22-24,32H,11-15,30H2,1H3,(H2,31,38)(H,33,39)(H,34,41)(H,35,40)(H,36,37);1H2. The number of rotatable bonds is 16. The average Bonchev–Trinajstić information content (AvgIpc) is 3.37. The molecule has 0 bridgehead atoms. The first-order valence-corrected chi connectivity index (χ1v) is 14.7. The Bertz CT molecular complexity index is 1400. The van der Waals surface area contributed by atoms with Crippen LogP contribution in [0.2, 0.25) is 0 Å². The monoisotopic (exact) mass is 614 g/mol. The number of carbonyl (C=O) groups is 5. The van der Waals surface area contributed by atoms with Crippen molar-refractivity contribution in [2.75, 3.05) is 12.0 Å². The third-order valence-electron chi connectivity index (χ3n) is 6.65. The summed E-state index contributed by atoms with van der Waals surface area (Å²) in [5.74, 6) is -3.89. The highest BCUT2D eigenvalue weighted by Gasteiger charge is 2.31. The summed E-state index contributed by atoms with van der Waals surface area (Å²) in [6, 6.07) is 11.7. The quantitative estimate of drug-likeness (QED) is 0.112. The van der Waals surface area contributed by atoms with E-state index in [4.69, 9.17) is 11.5 Å². The van der Waals surface area contributed by atoms with Crippen LogP contribution in [0.25, 0.3) is 10.9 Å². The number of H-pyrrole nitrogens is 1. The van der Waals surface area contributed by atoms with Gasteiger partial charge in [0, 0.05) is 23.5 Å². The lowest BCUT2D eigenvalue weighted by atomic mass is 10.0. The molecule has 0 aliphatic carbocycles. The lowest BCUT2D eigenvalue weighted by Crippen LogP contribution is -2.58. The molecule has 0 fully saturated rings. The molecule has 232 valence electrons. The molecule has 11 N–H and O–H groups in total. The number of para-hydroxylation sites is 1. The number of nitrogens with two attached hydrogens (primary N) is 2. The van der Waals surface area contributed by atoms with Gasteiger partial charge in [0.2, 0.25) is 23.6 Å². The maximum Gasteiger partial charge on any atom is 0.305 e. The number of benzene rings is 2. The molecular weight excluding hydrogens is 576 g/mol.